The van der Waals surface area contributed by atoms with Crippen LogP contribution in [-0.4, -0.2) is 41.2 Å². The molecule has 3 saturated heterocycles. The second kappa shape index (κ2) is 8.83. The molecule has 0 saturated carbocycles. The minimum atomic E-state index is -0.504. The van der Waals surface area contributed by atoms with Gasteiger partial charge < -0.3 is 9.84 Å². The molecule has 4 nitrogen and oxygen atoms in total. The molecule has 6 heteroatoms. The summed E-state index contributed by atoms with van der Waals surface area (Å²) in [6, 6.07) is 7.96. The lowest BCUT2D eigenvalue weighted by atomic mass is 9.73. The summed E-state index contributed by atoms with van der Waals surface area (Å²) in [6.45, 7) is 6.07. The minimum absolute atomic E-state index is 0. The first-order valence-corrected chi connectivity index (χ1v) is 8.68. The Bertz CT molecular complexity index is 771. The van der Waals surface area contributed by atoms with Crippen molar-refractivity contribution in [3.05, 3.63) is 48.7 Å². The zero-order chi connectivity index (χ0) is 16.7. The molecule has 3 aliphatic rings. The molecule has 26 heavy (non-hydrogen) atoms. The minimum Gasteiger partial charge on any atom is -0.497 e. The van der Waals surface area contributed by atoms with Crippen molar-refractivity contribution in [1.29, 1.82) is 0 Å². The number of aliphatic hydroxyl groups excluding tert-OH is 1. The first kappa shape index (κ1) is 21.4. The van der Waals surface area contributed by atoms with Crippen LogP contribution in [0.4, 0.5) is 0 Å². The monoisotopic (exact) mass is 484 g/mol. The number of ether oxygens (including phenoxy) is 1. The number of hydrogen-bond donors (Lipinski definition) is 1. The summed E-state index contributed by atoms with van der Waals surface area (Å²) in [5.74, 6) is 2.01. The molecule has 0 amide bonds. The number of fused-ring (bicyclic) bond motifs is 4. The van der Waals surface area contributed by atoms with Gasteiger partial charge in [-0.25, -0.2) is 0 Å². The molecule has 2 bridgehead atoms. The number of aliphatic hydroxyl groups is 1. The highest BCUT2D eigenvalue weighted by molar-refractivity contribution is 8.93. The van der Waals surface area contributed by atoms with Crippen LogP contribution in [0, 0.1) is 11.8 Å². The highest BCUT2D eigenvalue weighted by Gasteiger charge is 2.42. The second-order valence-electron chi connectivity index (χ2n) is 6.97. The molecule has 1 aromatic carbocycles. The van der Waals surface area contributed by atoms with Crippen molar-refractivity contribution in [3.63, 3.8) is 0 Å². The van der Waals surface area contributed by atoms with Gasteiger partial charge in [-0.2, -0.15) is 0 Å². The standard InChI is InChI=1S/C20H24N2O2.2BrH/c1-3-13-12-22-9-7-14(13)10-19(22)20(23)16-6-8-21-18-5-4-15(24-2)11-17(16)18;;/h3-6,8,11,13-14,19-20,23H,1,7,9-10,12H2,2H3;2*1H/t13-,14-,19-,20+;;/m0../s1. The Balaban J connectivity index is 0.00000121. The molecular formula is C20H26Br2N2O2. The van der Waals surface area contributed by atoms with Crippen LogP contribution in [0.5, 0.6) is 5.75 Å². The van der Waals surface area contributed by atoms with Crippen LogP contribution in [0.15, 0.2) is 43.1 Å². The van der Waals surface area contributed by atoms with E-state index in [2.05, 4.69) is 22.5 Å². The van der Waals surface area contributed by atoms with Crippen molar-refractivity contribution < 1.29 is 9.84 Å². The molecule has 3 aliphatic heterocycles. The fourth-order valence-corrected chi connectivity index (χ4v) is 4.44. The van der Waals surface area contributed by atoms with Crippen molar-refractivity contribution in [2.45, 2.75) is 25.0 Å². The Morgan fingerprint density at radius 3 is 2.81 bits per heavy atom. The number of methoxy groups -OCH3 is 1. The number of benzene rings is 1. The Labute approximate surface area is 175 Å². The van der Waals surface area contributed by atoms with Crippen molar-refractivity contribution in [2.24, 2.45) is 11.8 Å². The van der Waals surface area contributed by atoms with E-state index in [-0.39, 0.29) is 40.0 Å². The number of rotatable bonds is 4. The number of aromatic nitrogens is 1. The highest BCUT2D eigenvalue weighted by atomic mass is 79.9. The van der Waals surface area contributed by atoms with E-state index in [0.717, 1.165) is 41.7 Å². The van der Waals surface area contributed by atoms with Gasteiger partial charge in [0, 0.05) is 24.2 Å². The second-order valence-corrected chi connectivity index (χ2v) is 6.97. The zero-order valence-corrected chi connectivity index (χ0v) is 18.3. The summed E-state index contributed by atoms with van der Waals surface area (Å²) >= 11 is 0. The maximum absolute atomic E-state index is 11.2. The first-order valence-electron chi connectivity index (χ1n) is 8.68. The van der Waals surface area contributed by atoms with Crippen LogP contribution in [0.1, 0.15) is 24.5 Å². The van der Waals surface area contributed by atoms with E-state index in [1.165, 1.54) is 6.42 Å². The third-order valence-corrected chi connectivity index (χ3v) is 5.82. The number of nitrogens with zero attached hydrogens (tertiary/aromatic N) is 2. The zero-order valence-electron chi connectivity index (χ0n) is 14.9. The fourth-order valence-electron chi connectivity index (χ4n) is 4.44. The van der Waals surface area contributed by atoms with Gasteiger partial charge in [0.1, 0.15) is 5.75 Å². The third kappa shape index (κ3) is 3.70. The molecule has 0 aliphatic carbocycles. The Hall–Kier alpha value is -0.950. The highest BCUT2D eigenvalue weighted by Crippen LogP contribution is 2.42. The van der Waals surface area contributed by atoms with Gasteiger partial charge in [-0.3, -0.25) is 9.88 Å². The van der Waals surface area contributed by atoms with Gasteiger partial charge in [-0.15, -0.1) is 40.5 Å². The lowest BCUT2D eigenvalue weighted by Gasteiger charge is -2.50. The van der Waals surface area contributed by atoms with E-state index in [1.54, 1.807) is 13.3 Å². The van der Waals surface area contributed by atoms with Crippen LogP contribution < -0.4 is 4.74 Å². The molecule has 0 radical (unpaired) electrons. The number of hydrogen-bond acceptors (Lipinski definition) is 4. The topological polar surface area (TPSA) is 45.6 Å². The van der Waals surface area contributed by atoms with Crippen LogP contribution in [0.3, 0.4) is 0 Å². The summed E-state index contributed by atoms with van der Waals surface area (Å²) in [4.78, 5) is 6.86. The van der Waals surface area contributed by atoms with Crippen LogP contribution >= 0.6 is 34.0 Å². The van der Waals surface area contributed by atoms with E-state index in [1.807, 2.05) is 24.3 Å². The third-order valence-electron chi connectivity index (χ3n) is 5.82. The molecule has 0 unspecified atom stereocenters. The van der Waals surface area contributed by atoms with Crippen LogP contribution in [-0.2, 0) is 0 Å². The number of halogens is 2. The molecule has 1 N–H and O–H groups in total. The van der Waals surface area contributed by atoms with E-state index >= 15 is 0 Å². The predicted molar refractivity (Wildman–Crippen MR) is 116 cm³/mol. The molecule has 5 atom stereocenters. The lowest BCUT2D eigenvalue weighted by Crippen LogP contribution is -2.54. The van der Waals surface area contributed by atoms with Gasteiger partial charge in [0.15, 0.2) is 0 Å². The summed E-state index contributed by atoms with van der Waals surface area (Å²) in [7, 11) is 1.66. The van der Waals surface area contributed by atoms with Crippen molar-refractivity contribution in [3.8, 4) is 5.75 Å². The molecule has 142 valence electrons. The molecule has 1 aromatic heterocycles. The van der Waals surface area contributed by atoms with Gasteiger partial charge in [0.25, 0.3) is 0 Å². The van der Waals surface area contributed by atoms with Gasteiger partial charge in [0.05, 0.1) is 18.7 Å². The molecule has 3 fully saturated rings. The normalized spacial score (nSPS) is 27.9. The summed E-state index contributed by atoms with van der Waals surface area (Å²) in [6.07, 6.45) is 5.62. The molecule has 5 rings (SSSR count). The summed E-state index contributed by atoms with van der Waals surface area (Å²) < 4.78 is 5.35. The maximum Gasteiger partial charge on any atom is 0.119 e. The van der Waals surface area contributed by atoms with Crippen molar-refractivity contribution in [2.75, 3.05) is 20.2 Å². The van der Waals surface area contributed by atoms with Crippen LogP contribution in [0.2, 0.25) is 0 Å². The Morgan fingerprint density at radius 2 is 2.15 bits per heavy atom. The molecule has 2 aromatic rings. The largest absolute Gasteiger partial charge is 0.497 e. The van der Waals surface area contributed by atoms with E-state index in [0.29, 0.717) is 11.8 Å². The molecule has 0 spiro atoms. The van der Waals surface area contributed by atoms with Gasteiger partial charge >= 0.3 is 0 Å². The first-order chi connectivity index (χ1) is 11.7. The Kier molecular flexibility index (Phi) is 7.25. The van der Waals surface area contributed by atoms with E-state index in [9.17, 15) is 5.11 Å². The smallest absolute Gasteiger partial charge is 0.119 e. The fraction of sp³-hybridized carbons (Fsp3) is 0.450. The van der Waals surface area contributed by atoms with Gasteiger partial charge in [0.2, 0.25) is 0 Å². The van der Waals surface area contributed by atoms with E-state index < -0.39 is 6.10 Å². The Morgan fingerprint density at radius 1 is 1.35 bits per heavy atom. The SMILES string of the molecule is Br.Br.C=C[C@H]1C[N@]2CC[C@H]1C[C@H]2[C@H](O)c1ccnc2ccc(OC)cc12. The van der Waals surface area contributed by atoms with Gasteiger partial charge in [-0.1, -0.05) is 6.08 Å². The lowest BCUT2D eigenvalue weighted by molar-refractivity contribution is -0.0444. The average molecular weight is 486 g/mol. The van der Waals surface area contributed by atoms with Crippen LogP contribution in [0.25, 0.3) is 10.9 Å². The molecular weight excluding hydrogens is 460 g/mol. The van der Waals surface area contributed by atoms with Crippen molar-refractivity contribution in [1.82, 2.24) is 9.88 Å². The molecule has 4 heterocycles. The average Bonchev–Trinajstić information content (AvgIpc) is 2.66. The van der Waals surface area contributed by atoms with Crippen molar-refractivity contribution >= 4 is 44.9 Å². The quantitative estimate of drug-likeness (QED) is 0.654. The maximum atomic E-state index is 11.2. The number of pyridine rings is 1. The summed E-state index contributed by atoms with van der Waals surface area (Å²) in [5.41, 5.74) is 1.85. The summed E-state index contributed by atoms with van der Waals surface area (Å²) in [5, 5.41) is 12.1. The van der Waals surface area contributed by atoms with Gasteiger partial charge in [-0.05, 0) is 61.1 Å². The van der Waals surface area contributed by atoms with E-state index in [4.69, 9.17) is 4.74 Å². The number of piperidine rings is 3. The predicted octanol–water partition coefficient (Wildman–Crippen LogP) is 4.33.